The summed E-state index contributed by atoms with van der Waals surface area (Å²) in [5.74, 6) is 1.08. The van der Waals surface area contributed by atoms with Gasteiger partial charge in [-0.1, -0.05) is 13.8 Å². The zero-order valence-electron chi connectivity index (χ0n) is 12.6. The van der Waals surface area contributed by atoms with Crippen LogP contribution in [0.1, 0.15) is 33.1 Å². The van der Waals surface area contributed by atoms with E-state index in [2.05, 4.69) is 28.5 Å². The second-order valence-corrected chi connectivity index (χ2v) is 6.41. The molecule has 0 unspecified atom stereocenters. The molecule has 110 valence electrons. The van der Waals surface area contributed by atoms with Gasteiger partial charge in [0.2, 0.25) is 5.91 Å². The molecule has 0 saturated carbocycles. The number of piperazine rings is 1. The van der Waals surface area contributed by atoms with Crippen molar-refractivity contribution in [2.45, 2.75) is 33.1 Å². The molecule has 0 atom stereocenters. The second kappa shape index (κ2) is 7.25. The summed E-state index contributed by atoms with van der Waals surface area (Å²) in [5, 5.41) is 0. The maximum Gasteiger partial charge on any atom is 0.236 e. The Morgan fingerprint density at radius 1 is 0.895 bits per heavy atom. The van der Waals surface area contributed by atoms with Crippen molar-refractivity contribution in [1.29, 1.82) is 0 Å². The highest BCUT2D eigenvalue weighted by Gasteiger charge is 2.22. The number of likely N-dealkylation sites (tertiary alicyclic amines) is 1. The van der Waals surface area contributed by atoms with Crippen LogP contribution in [0, 0.1) is 5.92 Å². The zero-order valence-corrected chi connectivity index (χ0v) is 12.6. The molecule has 2 fully saturated rings. The fourth-order valence-corrected chi connectivity index (χ4v) is 3.08. The average Bonchev–Trinajstić information content (AvgIpc) is 2.41. The molecule has 0 bridgehead atoms. The Kier molecular flexibility index (Phi) is 5.64. The molecule has 19 heavy (non-hydrogen) atoms. The summed E-state index contributed by atoms with van der Waals surface area (Å²) in [4.78, 5) is 19.1. The van der Waals surface area contributed by atoms with Crippen LogP contribution >= 0.6 is 0 Å². The molecule has 2 heterocycles. The van der Waals surface area contributed by atoms with Gasteiger partial charge in [-0.15, -0.1) is 0 Å². The van der Waals surface area contributed by atoms with E-state index >= 15 is 0 Å². The van der Waals surface area contributed by atoms with Gasteiger partial charge in [0, 0.05) is 45.8 Å². The van der Waals surface area contributed by atoms with Crippen molar-refractivity contribution in [2.24, 2.45) is 5.92 Å². The number of rotatable bonds is 4. The van der Waals surface area contributed by atoms with Crippen molar-refractivity contribution >= 4 is 5.91 Å². The van der Waals surface area contributed by atoms with Gasteiger partial charge in [-0.25, -0.2) is 0 Å². The molecule has 0 aliphatic carbocycles. The van der Waals surface area contributed by atoms with Gasteiger partial charge in [-0.3, -0.25) is 9.69 Å². The summed E-state index contributed by atoms with van der Waals surface area (Å²) in [6, 6.07) is 0. The van der Waals surface area contributed by atoms with Crippen LogP contribution in [-0.2, 0) is 4.79 Å². The minimum absolute atomic E-state index is 0.344. The Morgan fingerprint density at radius 3 is 2.05 bits per heavy atom. The van der Waals surface area contributed by atoms with Gasteiger partial charge in [-0.2, -0.15) is 0 Å². The normalized spacial score (nSPS) is 23.0. The summed E-state index contributed by atoms with van der Waals surface area (Å²) in [6.07, 6.45) is 3.67. The highest BCUT2D eigenvalue weighted by atomic mass is 16.2. The van der Waals surface area contributed by atoms with E-state index in [1.807, 2.05) is 0 Å². The molecule has 0 aromatic carbocycles. The van der Waals surface area contributed by atoms with E-state index in [0.29, 0.717) is 12.5 Å². The van der Waals surface area contributed by atoms with Crippen molar-refractivity contribution in [2.75, 3.05) is 52.4 Å². The first kappa shape index (κ1) is 14.8. The molecule has 4 heteroatoms. The van der Waals surface area contributed by atoms with Gasteiger partial charge in [0.1, 0.15) is 0 Å². The summed E-state index contributed by atoms with van der Waals surface area (Å²) in [7, 11) is 0. The monoisotopic (exact) mass is 267 g/mol. The van der Waals surface area contributed by atoms with Crippen LogP contribution in [0.3, 0.4) is 0 Å². The van der Waals surface area contributed by atoms with Gasteiger partial charge >= 0.3 is 0 Å². The lowest BCUT2D eigenvalue weighted by Gasteiger charge is -2.36. The van der Waals surface area contributed by atoms with Gasteiger partial charge in [0.05, 0.1) is 6.54 Å². The number of piperidine rings is 1. The van der Waals surface area contributed by atoms with E-state index in [0.717, 1.165) is 45.2 Å². The summed E-state index contributed by atoms with van der Waals surface area (Å²) in [6.45, 7) is 12.6. The maximum atomic E-state index is 12.2. The van der Waals surface area contributed by atoms with E-state index in [9.17, 15) is 4.79 Å². The third kappa shape index (κ3) is 4.77. The fourth-order valence-electron chi connectivity index (χ4n) is 3.08. The van der Waals surface area contributed by atoms with E-state index < -0.39 is 0 Å². The van der Waals surface area contributed by atoms with Gasteiger partial charge in [0.25, 0.3) is 0 Å². The molecule has 1 amide bonds. The highest BCUT2D eigenvalue weighted by Crippen LogP contribution is 2.10. The van der Waals surface area contributed by atoms with Crippen molar-refractivity contribution in [3.8, 4) is 0 Å². The number of carbonyl (C=O) groups excluding carboxylic acids is 1. The molecule has 2 saturated heterocycles. The lowest BCUT2D eigenvalue weighted by Crippen LogP contribution is -2.51. The Labute approximate surface area is 117 Å². The van der Waals surface area contributed by atoms with Crippen molar-refractivity contribution in [1.82, 2.24) is 14.7 Å². The van der Waals surface area contributed by atoms with Crippen LogP contribution in [0.2, 0.25) is 0 Å². The predicted octanol–water partition coefficient (Wildman–Crippen LogP) is 1.27. The standard InChI is InChI=1S/C15H29N3O/c1-14(2)12-16-8-10-17(11-9-16)13-15(19)18-6-4-3-5-7-18/h14H,3-13H2,1-2H3. The third-order valence-electron chi connectivity index (χ3n) is 4.16. The molecule has 0 spiro atoms. The molecule has 2 rings (SSSR count). The largest absolute Gasteiger partial charge is 0.342 e. The number of amides is 1. The quantitative estimate of drug-likeness (QED) is 0.767. The van der Waals surface area contributed by atoms with Crippen LogP contribution < -0.4 is 0 Å². The van der Waals surface area contributed by atoms with Crippen LogP contribution in [0.5, 0.6) is 0 Å². The lowest BCUT2D eigenvalue weighted by atomic mass is 10.1. The van der Waals surface area contributed by atoms with Crippen LogP contribution in [0.15, 0.2) is 0 Å². The highest BCUT2D eigenvalue weighted by molar-refractivity contribution is 5.78. The molecule has 0 aromatic rings. The van der Waals surface area contributed by atoms with E-state index in [1.165, 1.54) is 25.8 Å². The third-order valence-corrected chi connectivity index (χ3v) is 4.16. The van der Waals surface area contributed by atoms with Crippen LogP contribution in [-0.4, -0.2) is 73.0 Å². The summed E-state index contributed by atoms with van der Waals surface area (Å²) in [5.41, 5.74) is 0. The molecule has 0 aromatic heterocycles. The number of hydrogen-bond donors (Lipinski definition) is 0. The van der Waals surface area contributed by atoms with E-state index in [4.69, 9.17) is 0 Å². The van der Waals surface area contributed by atoms with Gasteiger partial charge in [0.15, 0.2) is 0 Å². The Hall–Kier alpha value is -0.610. The minimum atomic E-state index is 0.344. The predicted molar refractivity (Wildman–Crippen MR) is 78.1 cm³/mol. The molecule has 2 aliphatic heterocycles. The number of hydrogen-bond acceptors (Lipinski definition) is 3. The summed E-state index contributed by atoms with van der Waals surface area (Å²) >= 11 is 0. The summed E-state index contributed by atoms with van der Waals surface area (Å²) < 4.78 is 0. The van der Waals surface area contributed by atoms with Crippen molar-refractivity contribution < 1.29 is 4.79 Å². The molecule has 0 N–H and O–H groups in total. The first-order valence-electron chi connectivity index (χ1n) is 7.87. The SMILES string of the molecule is CC(C)CN1CCN(CC(=O)N2CCCCC2)CC1. The van der Waals surface area contributed by atoms with Crippen molar-refractivity contribution in [3.05, 3.63) is 0 Å². The molecular formula is C15H29N3O. The number of carbonyl (C=O) groups is 1. The van der Waals surface area contributed by atoms with Gasteiger partial charge < -0.3 is 9.80 Å². The van der Waals surface area contributed by atoms with Gasteiger partial charge in [-0.05, 0) is 25.2 Å². The average molecular weight is 267 g/mol. The molecule has 2 aliphatic rings. The van der Waals surface area contributed by atoms with E-state index in [1.54, 1.807) is 0 Å². The van der Waals surface area contributed by atoms with Crippen molar-refractivity contribution in [3.63, 3.8) is 0 Å². The van der Waals surface area contributed by atoms with Crippen LogP contribution in [0.25, 0.3) is 0 Å². The first-order valence-corrected chi connectivity index (χ1v) is 7.87. The number of nitrogens with zero attached hydrogens (tertiary/aromatic N) is 3. The molecule has 0 radical (unpaired) electrons. The smallest absolute Gasteiger partial charge is 0.236 e. The Bertz CT molecular complexity index is 279. The first-order chi connectivity index (χ1) is 9.15. The second-order valence-electron chi connectivity index (χ2n) is 6.41. The maximum absolute atomic E-state index is 12.2. The minimum Gasteiger partial charge on any atom is -0.342 e. The fraction of sp³-hybridized carbons (Fsp3) is 0.933. The zero-order chi connectivity index (χ0) is 13.7. The Balaban J connectivity index is 1.68. The topological polar surface area (TPSA) is 26.8 Å². The lowest BCUT2D eigenvalue weighted by molar-refractivity contribution is -0.133. The molecule has 4 nitrogen and oxygen atoms in total. The van der Waals surface area contributed by atoms with E-state index in [-0.39, 0.29) is 0 Å². The molecular weight excluding hydrogens is 238 g/mol. The van der Waals surface area contributed by atoms with Crippen LogP contribution in [0.4, 0.5) is 0 Å². The Morgan fingerprint density at radius 2 is 1.47 bits per heavy atom.